The first kappa shape index (κ1) is 16.5. The second-order valence-electron chi connectivity index (χ2n) is 5.52. The second kappa shape index (κ2) is 5.93. The van der Waals surface area contributed by atoms with Gasteiger partial charge in [0.1, 0.15) is 0 Å². The zero-order valence-corrected chi connectivity index (χ0v) is 13.1. The molecular weight excluding hydrogens is 334 g/mol. The van der Waals surface area contributed by atoms with E-state index in [2.05, 4.69) is 0 Å². The summed E-state index contributed by atoms with van der Waals surface area (Å²) in [5.74, 6) is -3.25. The minimum Gasteiger partial charge on any atom is -0.504 e. The predicted molar refractivity (Wildman–Crippen MR) is 81.4 cm³/mol. The number of aryl methyl sites for hydroxylation is 1. The van der Waals surface area contributed by atoms with E-state index < -0.39 is 41.3 Å². The lowest BCUT2D eigenvalue weighted by Crippen LogP contribution is -2.33. The van der Waals surface area contributed by atoms with Gasteiger partial charge in [-0.1, -0.05) is 0 Å². The van der Waals surface area contributed by atoms with E-state index in [0.29, 0.717) is 16.0 Å². The van der Waals surface area contributed by atoms with Gasteiger partial charge in [-0.3, -0.25) is 9.59 Å². The number of phenolic OH excluding ortho intramolecular Hbond substituents is 2. The Morgan fingerprint density at radius 2 is 1.84 bits per heavy atom. The van der Waals surface area contributed by atoms with E-state index in [-0.39, 0.29) is 24.0 Å². The number of hydrogen-bond donors (Lipinski definition) is 2. The van der Waals surface area contributed by atoms with Crippen LogP contribution in [0.25, 0.3) is 11.0 Å². The third-order valence-corrected chi connectivity index (χ3v) is 3.93. The van der Waals surface area contributed by atoms with Gasteiger partial charge < -0.3 is 19.5 Å². The molecule has 1 aromatic carbocycles. The van der Waals surface area contributed by atoms with E-state index in [4.69, 9.17) is 9.25 Å². The lowest BCUT2D eigenvalue weighted by molar-refractivity contribution is -0.197. The molecule has 130 valence electrons. The predicted octanol–water partition coefficient (Wildman–Crippen LogP) is 0.662. The van der Waals surface area contributed by atoms with Crippen molar-refractivity contribution in [3.63, 3.8) is 0 Å². The summed E-state index contributed by atoms with van der Waals surface area (Å²) in [6.45, 7) is 1.53. The van der Waals surface area contributed by atoms with Crippen LogP contribution in [0, 0.1) is 6.92 Å². The summed E-state index contributed by atoms with van der Waals surface area (Å²) in [7, 11) is 0. The summed E-state index contributed by atoms with van der Waals surface area (Å²) in [4.78, 5) is 51.7. The van der Waals surface area contributed by atoms with Crippen LogP contribution < -0.4 is 5.63 Å². The SMILES string of the molecule is Cc1c(CC(=O)ON2C(=O)CCC2=O)c(=O)oc2c(O)c(O)ccc12. The monoisotopic (exact) mass is 347 g/mol. The minimum atomic E-state index is -0.971. The van der Waals surface area contributed by atoms with Crippen molar-refractivity contribution in [3.8, 4) is 11.5 Å². The Kier molecular flexibility index (Phi) is 3.91. The van der Waals surface area contributed by atoms with Crippen LogP contribution in [-0.4, -0.2) is 33.1 Å². The molecule has 2 heterocycles. The highest BCUT2D eigenvalue weighted by Crippen LogP contribution is 2.34. The van der Waals surface area contributed by atoms with Gasteiger partial charge >= 0.3 is 11.6 Å². The molecule has 1 fully saturated rings. The first-order chi connectivity index (χ1) is 11.8. The van der Waals surface area contributed by atoms with Gasteiger partial charge in [0, 0.05) is 18.2 Å². The fraction of sp³-hybridized carbons (Fsp3) is 0.250. The van der Waals surface area contributed by atoms with E-state index in [1.54, 1.807) is 0 Å². The molecule has 1 aromatic heterocycles. The maximum absolute atomic E-state index is 12.1. The summed E-state index contributed by atoms with van der Waals surface area (Å²) >= 11 is 0. The van der Waals surface area contributed by atoms with Crippen LogP contribution in [0.15, 0.2) is 21.3 Å². The normalized spacial score (nSPS) is 14.4. The molecule has 1 aliphatic heterocycles. The van der Waals surface area contributed by atoms with E-state index in [1.165, 1.54) is 19.1 Å². The zero-order valence-electron chi connectivity index (χ0n) is 13.1. The average Bonchev–Trinajstić information content (AvgIpc) is 2.87. The molecule has 0 bridgehead atoms. The number of imide groups is 1. The standard InChI is InChI=1S/C16H13NO8/c1-7-8-2-3-10(18)14(22)15(8)24-16(23)9(7)6-13(21)25-17-11(19)4-5-12(17)20/h2-3,18,22H,4-6H2,1H3. The topological polar surface area (TPSA) is 134 Å². The van der Waals surface area contributed by atoms with Gasteiger partial charge in [-0.25, -0.2) is 9.59 Å². The molecule has 0 atom stereocenters. The van der Waals surface area contributed by atoms with E-state index in [0.717, 1.165) is 0 Å². The summed E-state index contributed by atoms with van der Waals surface area (Å²) in [6.07, 6.45) is -0.596. The molecule has 2 aromatic rings. The summed E-state index contributed by atoms with van der Waals surface area (Å²) in [6, 6.07) is 2.64. The Labute approximate surface area is 140 Å². The van der Waals surface area contributed by atoms with E-state index in [1.807, 2.05) is 0 Å². The lowest BCUT2D eigenvalue weighted by Gasteiger charge is -2.13. The van der Waals surface area contributed by atoms with Crippen LogP contribution in [0.5, 0.6) is 11.5 Å². The number of fused-ring (bicyclic) bond motifs is 1. The number of carbonyl (C=O) groups is 3. The van der Waals surface area contributed by atoms with Crippen molar-refractivity contribution in [2.75, 3.05) is 0 Å². The molecular formula is C16H13NO8. The number of hydrogen-bond acceptors (Lipinski definition) is 8. The van der Waals surface area contributed by atoms with Crippen molar-refractivity contribution in [2.24, 2.45) is 0 Å². The highest BCUT2D eigenvalue weighted by Gasteiger charge is 2.33. The Bertz CT molecular complexity index is 958. The fourth-order valence-corrected chi connectivity index (χ4v) is 2.57. The number of benzene rings is 1. The van der Waals surface area contributed by atoms with Crippen LogP contribution in [0.2, 0.25) is 0 Å². The smallest absolute Gasteiger partial charge is 0.340 e. The van der Waals surface area contributed by atoms with E-state index >= 15 is 0 Å². The molecule has 1 saturated heterocycles. The first-order valence-electron chi connectivity index (χ1n) is 7.33. The first-order valence-corrected chi connectivity index (χ1v) is 7.33. The van der Waals surface area contributed by atoms with Crippen molar-refractivity contribution in [3.05, 3.63) is 33.7 Å². The van der Waals surface area contributed by atoms with E-state index in [9.17, 15) is 29.4 Å². The van der Waals surface area contributed by atoms with Gasteiger partial charge in [0.15, 0.2) is 11.3 Å². The number of rotatable bonds is 3. The van der Waals surface area contributed by atoms with Gasteiger partial charge in [-0.05, 0) is 24.6 Å². The molecule has 9 nitrogen and oxygen atoms in total. The minimum absolute atomic E-state index is 0.0357. The largest absolute Gasteiger partial charge is 0.504 e. The quantitative estimate of drug-likeness (QED) is 0.470. The average molecular weight is 347 g/mol. The number of nitrogens with zero attached hydrogens (tertiary/aromatic N) is 1. The summed E-state index contributed by atoms with van der Waals surface area (Å²) < 4.78 is 4.98. The Balaban J connectivity index is 1.93. The van der Waals surface area contributed by atoms with Gasteiger partial charge in [0.25, 0.3) is 11.8 Å². The van der Waals surface area contributed by atoms with Gasteiger partial charge in [0.05, 0.1) is 12.0 Å². The molecule has 2 N–H and O–H groups in total. The van der Waals surface area contributed by atoms with Crippen molar-refractivity contribution < 1.29 is 33.9 Å². The van der Waals surface area contributed by atoms with Crippen LogP contribution in [-0.2, 0) is 25.6 Å². The third kappa shape index (κ3) is 2.80. The number of hydroxylamine groups is 2. The lowest BCUT2D eigenvalue weighted by atomic mass is 10.0. The molecule has 0 aliphatic carbocycles. The fourth-order valence-electron chi connectivity index (χ4n) is 2.57. The van der Waals surface area contributed by atoms with Crippen molar-refractivity contribution in [1.82, 2.24) is 5.06 Å². The maximum atomic E-state index is 12.1. The molecule has 0 unspecified atom stereocenters. The molecule has 9 heteroatoms. The highest BCUT2D eigenvalue weighted by atomic mass is 16.7. The van der Waals surface area contributed by atoms with Gasteiger partial charge in [-0.15, -0.1) is 5.06 Å². The number of carbonyl (C=O) groups excluding carboxylic acids is 3. The van der Waals surface area contributed by atoms with Crippen LogP contribution in [0.4, 0.5) is 0 Å². The molecule has 2 amide bonds. The third-order valence-electron chi connectivity index (χ3n) is 3.93. The van der Waals surface area contributed by atoms with Crippen molar-refractivity contribution >= 4 is 28.8 Å². The maximum Gasteiger partial charge on any atom is 0.340 e. The van der Waals surface area contributed by atoms with Crippen LogP contribution >= 0.6 is 0 Å². The molecule has 25 heavy (non-hydrogen) atoms. The molecule has 1 aliphatic rings. The molecule has 0 radical (unpaired) electrons. The molecule has 0 saturated carbocycles. The zero-order chi connectivity index (χ0) is 18.3. The number of aromatic hydroxyl groups is 2. The van der Waals surface area contributed by atoms with Gasteiger partial charge in [-0.2, -0.15) is 0 Å². The Morgan fingerprint density at radius 1 is 1.20 bits per heavy atom. The molecule has 0 spiro atoms. The van der Waals surface area contributed by atoms with Gasteiger partial charge in [0.2, 0.25) is 5.75 Å². The van der Waals surface area contributed by atoms with Crippen LogP contribution in [0.3, 0.4) is 0 Å². The second-order valence-corrected chi connectivity index (χ2v) is 5.52. The Morgan fingerprint density at radius 3 is 2.48 bits per heavy atom. The molecule has 3 rings (SSSR count). The number of amides is 2. The number of phenols is 2. The summed E-state index contributed by atoms with van der Waals surface area (Å²) in [5, 5.41) is 20.0. The van der Waals surface area contributed by atoms with Crippen molar-refractivity contribution in [1.29, 1.82) is 0 Å². The Hall–Kier alpha value is -3.36. The van der Waals surface area contributed by atoms with Crippen LogP contribution in [0.1, 0.15) is 24.0 Å². The summed E-state index contributed by atoms with van der Waals surface area (Å²) in [5.41, 5.74) is -0.800. The highest BCUT2D eigenvalue weighted by molar-refractivity contribution is 6.01. The van der Waals surface area contributed by atoms with Crippen molar-refractivity contribution in [2.45, 2.75) is 26.2 Å².